The summed E-state index contributed by atoms with van der Waals surface area (Å²) in [5.74, 6) is -1.73. The highest BCUT2D eigenvalue weighted by atomic mass is 16.6. The predicted octanol–water partition coefficient (Wildman–Crippen LogP) is 3.12. The Bertz CT molecular complexity index is 594. The molecular formula is C21H34O11. The van der Waals surface area contributed by atoms with Crippen molar-refractivity contribution < 1.29 is 53.1 Å². The van der Waals surface area contributed by atoms with Gasteiger partial charge in [-0.25, -0.2) is 14.4 Å². The molecule has 0 aromatic carbocycles. The van der Waals surface area contributed by atoms with Gasteiger partial charge in [0, 0.05) is 11.1 Å². The van der Waals surface area contributed by atoms with Crippen LogP contribution in [0, 0.1) is 0 Å². The standard InChI is InChI=1S/2C10H16O4.CH2O3/c2*1-4-8(10(12)14-6-3)7-9(11)13-5-2;2-1(3)4/h2*4H,5-7H2,1-3H3;(H2,2,3,4). The molecule has 0 rings (SSSR count). The summed E-state index contributed by atoms with van der Waals surface area (Å²) >= 11 is 0. The minimum Gasteiger partial charge on any atom is -0.466 e. The number of carboxylic acid groups (broad SMARTS) is 2. The number of carbonyl (C=O) groups is 5. The number of allylic oxidation sites excluding steroid dienone is 2. The van der Waals surface area contributed by atoms with E-state index in [2.05, 4.69) is 0 Å². The van der Waals surface area contributed by atoms with E-state index < -0.39 is 30.0 Å². The van der Waals surface area contributed by atoms with E-state index in [1.807, 2.05) is 0 Å². The van der Waals surface area contributed by atoms with Crippen LogP contribution in [-0.2, 0) is 38.1 Å². The van der Waals surface area contributed by atoms with Crippen molar-refractivity contribution in [3.8, 4) is 0 Å². The van der Waals surface area contributed by atoms with Crippen molar-refractivity contribution in [2.45, 2.75) is 54.4 Å². The van der Waals surface area contributed by atoms with Gasteiger partial charge in [-0.05, 0) is 41.5 Å². The van der Waals surface area contributed by atoms with Gasteiger partial charge in [0.2, 0.25) is 0 Å². The third-order valence-corrected chi connectivity index (χ3v) is 3.05. The molecule has 0 aliphatic heterocycles. The highest BCUT2D eigenvalue weighted by Gasteiger charge is 2.15. The lowest BCUT2D eigenvalue weighted by Crippen LogP contribution is -2.13. The van der Waals surface area contributed by atoms with Crippen LogP contribution >= 0.6 is 0 Å². The molecular weight excluding hydrogens is 428 g/mol. The predicted molar refractivity (Wildman–Crippen MR) is 114 cm³/mol. The normalized spacial score (nSPS) is 10.3. The fraction of sp³-hybridized carbons (Fsp3) is 0.571. The van der Waals surface area contributed by atoms with Crippen molar-refractivity contribution in [2.24, 2.45) is 0 Å². The van der Waals surface area contributed by atoms with E-state index in [0.717, 1.165) is 0 Å². The van der Waals surface area contributed by atoms with Gasteiger partial charge in [-0.2, -0.15) is 0 Å². The highest BCUT2D eigenvalue weighted by molar-refractivity contribution is 5.94. The highest BCUT2D eigenvalue weighted by Crippen LogP contribution is 2.06. The average molecular weight is 462 g/mol. The summed E-state index contributed by atoms with van der Waals surface area (Å²) in [4.78, 5) is 53.1. The van der Waals surface area contributed by atoms with Crippen LogP contribution in [0.4, 0.5) is 4.79 Å². The summed E-state index contributed by atoms with van der Waals surface area (Å²) in [7, 11) is 0. The lowest BCUT2D eigenvalue weighted by atomic mass is 10.2. The minimum atomic E-state index is -1.83. The van der Waals surface area contributed by atoms with Crippen LogP contribution in [0.2, 0.25) is 0 Å². The third-order valence-electron chi connectivity index (χ3n) is 3.05. The zero-order chi connectivity index (χ0) is 25.5. The Hall–Kier alpha value is -3.37. The molecule has 0 saturated heterocycles. The summed E-state index contributed by atoms with van der Waals surface area (Å²) in [6.45, 7) is 11.5. The third kappa shape index (κ3) is 21.3. The first-order valence-corrected chi connectivity index (χ1v) is 9.91. The molecule has 2 N–H and O–H groups in total. The Morgan fingerprint density at radius 2 is 0.844 bits per heavy atom. The molecule has 0 aromatic rings. The molecule has 11 heteroatoms. The van der Waals surface area contributed by atoms with Gasteiger partial charge in [0.05, 0.1) is 39.3 Å². The fourth-order valence-corrected chi connectivity index (χ4v) is 1.77. The van der Waals surface area contributed by atoms with Crippen LogP contribution in [0.1, 0.15) is 54.4 Å². The van der Waals surface area contributed by atoms with Gasteiger partial charge in [0.1, 0.15) is 0 Å². The number of ether oxygens (including phenoxy) is 4. The lowest BCUT2D eigenvalue weighted by Gasteiger charge is -2.05. The Morgan fingerprint density at radius 3 is 1.03 bits per heavy atom. The van der Waals surface area contributed by atoms with Gasteiger partial charge in [-0.3, -0.25) is 9.59 Å². The SMILES string of the molecule is CC=C(CC(=O)OCC)C(=O)OCC.CC=C(CC(=O)OCC)C(=O)OCC.O=C(O)O. The van der Waals surface area contributed by atoms with Crippen molar-refractivity contribution in [2.75, 3.05) is 26.4 Å². The molecule has 32 heavy (non-hydrogen) atoms. The fourth-order valence-electron chi connectivity index (χ4n) is 1.77. The molecule has 0 aliphatic carbocycles. The Balaban J connectivity index is -0.000000450. The van der Waals surface area contributed by atoms with Gasteiger partial charge in [-0.15, -0.1) is 0 Å². The number of hydrogen-bond acceptors (Lipinski definition) is 9. The summed E-state index contributed by atoms with van der Waals surface area (Å²) < 4.78 is 18.9. The molecule has 0 aliphatic rings. The summed E-state index contributed by atoms with van der Waals surface area (Å²) in [5.41, 5.74) is 0.676. The zero-order valence-corrected chi connectivity index (χ0v) is 19.5. The summed E-state index contributed by atoms with van der Waals surface area (Å²) in [5, 5.41) is 13.9. The quantitative estimate of drug-likeness (QED) is 0.278. The molecule has 0 fully saturated rings. The van der Waals surface area contributed by atoms with Crippen molar-refractivity contribution >= 4 is 30.0 Å². The summed E-state index contributed by atoms with van der Waals surface area (Å²) in [6, 6.07) is 0. The van der Waals surface area contributed by atoms with E-state index in [4.69, 9.17) is 34.0 Å². The van der Waals surface area contributed by atoms with Crippen molar-refractivity contribution in [1.82, 2.24) is 0 Å². The van der Waals surface area contributed by atoms with E-state index in [-0.39, 0.29) is 12.8 Å². The Morgan fingerprint density at radius 1 is 0.594 bits per heavy atom. The Kier molecular flexibility index (Phi) is 23.2. The molecule has 0 amide bonds. The molecule has 0 aromatic heterocycles. The lowest BCUT2D eigenvalue weighted by molar-refractivity contribution is -0.145. The van der Waals surface area contributed by atoms with E-state index >= 15 is 0 Å². The smallest absolute Gasteiger partial charge is 0.466 e. The van der Waals surface area contributed by atoms with E-state index in [1.54, 1.807) is 53.7 Å². The number of hydrogen-bond donors (Lipinski definition) is 2. The van der Waals surface area contributed by atoms with Gasteiger partial charge in [0.15, 0.2) is 0 Å². The largest absolute Gasteiger partial charge is 0.503 e. The average Bonchev–Trinajstić information content (AvgIpc) is 2.71. The molecule has 184 valence electrons. The van der Waals surface area contributed by atoms with Crippen LogP contribution in [0.3, 0.4) is 0 Å². The van der Waals surface area contributed by atoms with Gasteiger partial charge in [0.25, 0.3) is 0 Å². The molecule has 0 radical (unpaired) electrons. The molecule has 0 bridgehead atoms. The van der Waals surface area contributed by atoms with Crippen LogP contribution in [0.5, 0.6) is 0 Å². The minimum absolute atomic E-state index is 0.0246. The van der Waals surface area contributed by atoms with Gasteiger partial charge < -0.3 is 29.2 Å². The molecule has 0 spiro atoms. The van der Waals surface area contributed by atoms with E-state index in [1.165, 1.54) is 0 Å². The van der Waals surface area contributed by atoms with Gasteiger partial charge >= 0.3 is 30.0 Å². The van der Waals surface area contributed by atoms with Crippen LogP contribution in [0.25, 0.3) is 0 Å². The molecule has 0 atom stereocenters. The second kappa shape index (κ2) is 22.3. The van der Waals surface area contributed by atoms with Gasteiger partial charge in [-0.1, -0.05) is 12.2 Å². The first-order valence-electron chi connectivity index (χ1n) is 9.91. The molecule has 0 unspecified atom stereocenters. The second-order valence-corrected chi connectivity index (χ2v) is 5.31. The molecule has 11 nitrogen and oxygen atoms in total. The topological polar surface area (TPSA) is 163 Å². The first kappa shape index (κ1) is 33.3. The monoisotopic (exact) mass is 462 g/mol. The number of esters is 4. The number of rotatable bonds is 10. The zero-order valence-electron chi connectivity index (χ0n) is 19.5. The van der Waals surface area contributed by atoms with Crippen LogP contribution in [-0.4, -0.2) is 66.7 Å². The van der Waals surface area contributed by atoms with Crippen LogP contribution < -0.4 is 0 Å². The van der Waals surface area contributed by atoms with Crippen LogP contribution in [0.15, 0.2) is 23.3 Å². The van der Waals surface area contributed by atoms with Crippen molar-refractivity contribution in [3.05, 3.63) is 23.3 Å². The maximum Gasteiger partial charge on any atom is 0.503 e. The van der Waals surface area contributed by atoms with Crippen molar-refractivity contribution in [3.63, 3.8) is 0 Å². The maximum atomic E-state index is 11.2. The summed E-state index contributed by atoms with van der Waals surface area (Å²) in [6.07, 6.45) is 1.25. The van der Waals surface area contributed by atoms with E-state index in [9.17, 15) is 19.2 Å². The second-order valence-electron chi connectivity index (χ2n) is 5.31. The molecule has 0 saturated carbocycles. The first-order chi connectivity index (χ1) is 15.0. The Labute approximate surface area is 188 Å². The van der Waals surface area contributed by atoms with E-state index in [0.29, 0.717) is 37.6 Å². The molecule has 0 heterocycles. The number of carbonyl (C=O) groups excluding carboxylic acids is 4. The van der Waals surface area contributed by atoms with Crippen molar-refractivity contribution in [1.29, 1.82) is 0 Å². The maximum absolute atomic E-state index is 11.2.